The van der Waals surface area contributed by atoms with Crippen molar-refractivity contribution >= 4 is 11.0 Å². The van der Waals surface area contributed by atoms with Gasteiger partial charge in [-0.05, 0) is 38.5 Å². The molecule has 0 fully saturated rings. The van der Waals surface area contributed by atoms with Gasteiger partial charge in [-0.3, -0.25) is 0 Å². The molecule has 16 heavy (non-hydrogen) atoms. The fourth-order valence-electron chi connectivity index (χ4n) is 1.38. The highest BCUT2D eigenvalue weighted by atomic mass is 32.2. The van der Waals surface area contributed by atoms with E-state index in [1.165, 1.54) is 5.56 Å². The van der Waals surface area contributed by atoms with Crippen LogP contribution in [0, 0.1) is 20.8 Å². The Morgan fingerprint density at radius 3 is 1.81 bits per heavy atom. The predicted molar refractivity (Wildman–Crippen MR) is 68.9 cm³/mol. The molecule has 0 saturated carbocycles. The van der Waals surface area contributed by atoms with Gasteiger partial charge in [0.15, 0.2) is 0 Å². The highest BCUT2D eigenvalue weighted by Crippen LogP contribution is 2.05. The molecule has 1 atom stereocenters. The van der Waals surface area contributed by atoms with Crippen LogP contribution in [0.5, 0.6) is 0 Å². The van der Waals surface area contributed by atoms with Gasteiger partial charge in [0.1, 0.15) is 11.0 Å². The fraction of sp³-hybridized carbons (Fsp3) is 0.231. The van der Waals surface area contributed by atoms with Crippen molar-refractivity contribution in [2.75, 3.05) is 0 Å². The third kappa shape index (κ3) is 4.13. The third-order valence-corrected chi connectivity index (χ3v) is 2.90. The van der Waals surface area contributed by atoms with Crippen LogP contribution in [0.1, 0.15) is 16.7 Å². The molecule has 0 bridgehead atoms. The molecule has 0 aliphatic rings. The van der Waals surface area contributed by atoms with Crippen LogP contribution in [0.15, 0.2) is 41.3 Å². The zero-order valence-corrected chi connectivity index (χ0v) is 10.7. The van der Waals surface area contributed by atoms with Crippen LogP contribution in [0.25, 0.3) is 0 Å². The summed E-state index contributed by atoms with van der Waals surface area (Å²) < 4.78 is 11.3. The largest absolute Gasteiger partial charge is 0.248 e. The molecule has 3 heteroatoms. The van der Waals surface area contributed by atoms with Crippen molar-refractivity contribution < 1.29 is 4.21 Å². The molecule has 2 nitrogen and oxygen atoms in total. The first-order valence-electron chi connectivity index (χ1n) is 5.08. The smallest absolute Gasteiger partial charge is 0.122 e. The van der Waals surface area contributed by atoms with Crippen molar-refractivity contribution in [1.29, 1.82) is 0 Å². The molecule has 0 aliphatic carbocycles. The van der Waals surface area contributed by atoms with Gasteiger partial charge in [-0.1, -0.05) is 35.4 Å². The van der Waals surface area contributed by atoms with Crippen molar-refractivity contribution in [2.24, 2.45) is 5.14 Å². The van der Waals surface area contributed by atoms with Gasteiger partial charge in [0.25, 0.3) is 0 Å². The van der Waals surface area contributed by atoms with Crippen molar-refractivity contribution in [3.05, 3.63) is 53.1 Å². The van der Waals surface area contributed by atoms with Crippen molar-refractivity contribution in [3.63, 3.8) is 0 Å². The van der Waals surface area contributed by atoms with Crippen molar-refractivity contribution in [3.8, 4) is 0 Å². The minimum atomic E-state index is -1.44. The quantitative estimate of drug-likeness (QED) is 0.799. The number of hydrogen-bond acceptors (Lipinski definition) is 1. The lowest BCUT2D eigenvalue weighted by Gasteiger charge is -1.95. The van der Waals surface area contributed by atoms with E-state index in [1.54, 1.807) is 6.07 Å². The molecule has 1 aromatic rings. The lowest BCUT2D eigenvalue weighted by atomic mass is 10.2. The molecule has 0 radical (unpaired) electrons. The fourth-order valence-corrected chi connectivity index (χ4v) is 1.88. The average Bonchev–Trinajstić information content (AvgIpc) is 2.20. The maximum absolute atomic E-state index is 11.3. The van der Waals surface area contributed by atoms with Crippen LogP contribution in [0.2, 0.25) is 0 Å². The first-order chi connectivity index (χ1) is 7.49. The Hall–Kier alpha value is -1.19. The van der Waals surface area contributed by atoms with Crippen LogP contribution in [-0.2, 0) is 11.0 Å². The second-order valence-corrected chi connectivity index (χ2v) is 4.95. The average molecular weight is 235 g/mol. The van der Waals surface area contributed by atoms with Gasteiger partial charge in [-0.25, -0.2) is 9.35 Å². The Morgan fingerprint density at radius 2 is 1.31 bits per heavy atom. The molecule has 0 saturated heterocycles. The Labute approximate surface area is 99.4 Å². The highest BCUT2D eigenvalue weighted by molar-refractivity contribution is 7.82. The van der Waals surface area contributed by atoms with Gasteiger partial charge in [-0.15, -0.1) is 0 Å². The van der Waals surface area contributed by atoms with Gasteiger partial charge in [0, 0.05) is 0 Å². The molecule has 1 unspecified atom stereocenters. The SMILES string of the molecule is Cc1ccc(C)cc(S(N)=O)ccc(C)c1. The summed E-state index contributed by atoms with van der Waals surface area (Å²) in [6.45, 7) is 6.01. The van der Waals surface area contributed by atoms with Crippen LogP contribution >= 0.6 is 0 Å². The summed E-state index contributed by atoms with van der Waals surface area (Å²) in [7, 11) is -1.44. The molecule has 1 aromatic carbocycles. The summed E-state index contributed by atoms with van der Waals surface area (Å²) in [5.41, 5.74) is 3.33. The predicted octanol–water partition coefficient (Wildman–Crippen LogP) is 2.72. The number of hydrogen-bond donors (Lipinski definition) is 1. The summed E-state index contributed by atoms with van der Waals surface area (Å²) in [5.74, 6) is 0. The summed E-state index contributed by atoms with van der Waals surface area (Å²) >= 11 is 0. The lowest BCUT2D eigenvalue weighted by molar-refractivity contribution is 0.684. The van der Waals surface area contributed by atoms with Gasteiger partial charge in [0.05, 0.1) is 4.90 Å². The minimum Gasteiger partial charge on any atom is -0.248 e. The molecule has 0 aromatic heterocycles. The van der Waals surface area contributed by atoms with Crippen LogP contribution in [0.4, 0.5) is 0 Å². The van der Waals surface area contributed by atoms with E-state index in [2.05, 4.69) is 13.0 Å². The van der Waals surface area contributed by atoms with Crippen molar-refractivity contribution in [1.82, 2.24) is 0 Å². The summed E-state index contributed by atoms with van der Waals surface area (Å²) in [6, 6.07) is 11.7. The van der Waals surface area contributed by atoms with E-state index >= 15 is 0 Å². The first-order valence-corrected chi connectivity index (χ1v) is 6.30. The molecule has 1 rings (SSSR count). The van der Waals surface area contributed by atoms with E-state index in [0.717, 1.165) is 11.1 Å². The Morgan fingerprint density at radius 1 is 0.875 bits per heavy atom. The minimum absolute atomic E-state index is 0.634. The molecule has 0 spiro atoms. The van der Waals surface area contributed by atoms with Gasteiger partial charge in [-0.2, -0.15) is 0 Å². The second kappa shape index (κ2) is 5.77. The van der Waals surface area contributed by atoms with Gasteiger partial charge in [0.2, 0.25) is 0 Å². The number of aryl methyl sites for hydroxylation is 3. The molecule has 86 valence electrons. The topological polar surface area (TPSA) is 43.1 Å². The molecular weight excluding hydrogens is 218 g/mol. The first kappa shape index (κ1) is 12.9. The van der Waals surface area contributed by atoms with Crippen LogP contribution < -0.4 is 5.14 Å². The monoisotopic (exact) mass is 235 g/mol. The zero-order chi connectivity index (χ0) is 12.1. The maximum Gasteiger partial charge on any atom is 0.122 e. The summed E-state index contributed by atoms with van der Waals surface area (Å²) in [5, 5.41) is 5.40. The number of nitrogens with two attached hydrogens (primary N) is 1. The summed E-state index contributed by atoms with van der Waals surface area (Å²) in [6.07, 6.45) is 0. The Bertz CT molecular complexity index is 468. The van der Waals surface area contributed by atoms with E-state index < -0.39 is 11.0 Å². The van der Waals surface area contributed by atoms with Crippen LogP contribution in [0.3, 0.4) is 0 Å². The third-order valence-electron chi connectivity index (χ3n) is 2.18. The molecule has 0 heterocycles. The Balaban J connectivity index is 3.50. The van der Waals surface area contributed by atoms with E-state index in [1.807, 2.05) is 38.1 Å². The van der Waals surface area contributed by atoms with Crippen LogP contribution in [-0.4, -0.2) is 4.21 Å². The molecule has 0 aliphatic heterocycles. The van der Waals surface area contributed by atoms with Gasteiger partial charge < -0.3 is 0 Å². The molecular formula is C13H17NOS. The standard InChI is InChI=1S/C13H17NOS/c1-10-4-5-12(3)9-13(16(14)15)7-6-11(2)8-10/h4-9H,14H2,1-3H3. The normalized spacial score (nSPS) is 11.8. The van der Waals surface area contributed by atoms with E-state index in [0.29, 0.717) is 4.90 Å². The number of rotatable bonds is 1. The molecule has 0 amide bonds. The second-order valence-electron chi connectivity index (χ2n) is 3.89. The van der Waals surface area contributed by atoms with E-state index in [-0.39, 0.29) is 0 Å². The lowest BCUT2D eigenvalue weighted by Crippen LogP contribution is -2.01. The highest BCUT2D eigenvalue weighted by Gasteiger charge is 1.94. The van der Waals surface area contributed by atoms with E-state index in [4.69, 9.17) is 5.14 Å². The van der Waals surface area contributed by atoms with E-state index in [9.17, 15) is 4.21 Å². The zero-order valence-electron chi connectivity index (χ0n) is 9.86. The van der Waals surface area contributed by atoms with Gasteiger partial charge >= 0.3 is 0 Å². The summed E-state index contributed by atoms with van der Waals surface area (Å²) in [4.78, 5) is 0.634. The Kier molecular flexibility index (Phi) is 4.65. The van der Waals surface area contributed by atoms with Crippen molar-refractivity contribution in [2.45, 2.75) is 25.7 Å². The maximum atomic E-state index is 11.3. The molecule has 2 N–H and O–H groups in total.